The third-order valence-corrected chi connectivity index (χ3v) is 8.91. The Bertz CT molecular complexity index is 1510. The second-order valence-corrected chi connectivity index (χ2v) is 12.1. The Morgan fingerprint density at radius 1 is 0.952 bits per heavy atom. The molecule has 0 fully saturated rings. The number of hydrogen-bond donors (Lipinski definition) is 1. The van der Waals surface area contributed by atoms with Gasteiger partial charge in [-0.2, -0.15) is 13.2 Å². The van der Waals surface area contributed by atoms with Crippen molar-refractivity contribution in [3.05, 3.63) is 94.0 Å². The smallest absolute Gasteiger partial charge is 0.354 e. The van der Waals surface area contributed by atoms with Gasteiger partial charge in [-0.1, -0.05) is 72.9 Å². The Morgan fingerprint density at radius 2 is 1.60 bits per heavy atom. The molecule has 1 atom stereocenters. The number of nitrogens with zero attached hydrogens (tertiary/aromatic N) is 2. The fourth-order valence-corrected chi connectivity index (χ4v) is 5.95. The van der Waals surface area contributed by atoms with E-state index in [1.54, 1.807) is 30.3 Å². The molecule has 1 N–H and O–H groups in total. The van der Waals surface area contributed by atoms with Crippen LogP contribution in [0.3, 0.4) is 0 Å². The van der Waals surface area contributed by atoms with Gasteiger partial charge in [0.25, 0.3) is 10.0 Å². The van der Waals surface area contributed by atoms with E-state index >= 15 is 0 Å². The molecule has 0 aliphatic rings. The van der Waals surface area contributed by atoms with Crippen LogP contribution in [0.25, 0.3) is 0 Å². The molecule has 0 heterocycles. The summed E-state index contributed by atoms with van der Waals surface area (Å²) in [5.41, 5.74) is -1.21. The van der Waals surface area contributed by atoms with Crippen molar-refractivity contribution in [2.24, 2.45) is 0 Å². The van der Waals surface area contributed by atoms with Crippen molar-refractivity contribution in [1.82, 2.24) is 10.2 Å². The topological polar surface area (TPSA) is 86.8 Å². The van der Waals surface area contributed by atoms with Gasteiger partial charge in [-0.05, 0) is 55.3 Å². The highest BCUT2D eigenvalue weighted by molar-refractivity contribution is 7.92. The van der Waals surface area contributed by atoms with Crippen LogP contribution in [0.2, 0.25) is 10.0 Å². The number of hydrogen-bond acceptors (Lipinski definition) is 4. The normalized spacial score (nSPS) is 12.5. The lowest BCUT2D eigenvalue weighted by Crippen LogP contribution is -2.51. The number of nitrogens with one attached hydrogen (secondary N) is 1. The Hall–Kier alpha value is -3.28. The second-order valence-electron chi connectivity index (χ2n) is 9.42. The number of alkyl halides is 3. The molecule has 226 valence electrons. The van der Waals surface area contributed by atoms with Crippen LogP contribution in [0.4, 0.5) is 18.9 Å². The van der Waals surface area contributed by atoms with Gasteiger partial charge in [-0.25, -0.2) is 8.42 Å². The number of rotatable bonds is 12. The summed E-state index contributed by atoms with van der Waals surface area (Å²) in [6.07, 6.45) is -3.29. The first kappa shape index (κ1) is 33.2. The Morgan fingerprint density at radius 3 is 2.21 bits per heavy atom. The third-order valence-electron chi connectivity index (χ3n) is 6.45. The van der Waals surface area contributed by atoms with Gasteiger partial charge in [-0.15, -0.1) is 0 Å². The fourth-order valence-electron chi connectivity index (χ4n) is 4.04. The maximum Gasteiger partial charge on any atom is 0.416 e. The largest absolute Gasteiger partial charge is 0.416 e. The summed E-state index contributed by atoms with van der Waals surface area (Å²) >= 11 is 12.6. The van der Waals surface area contributed by atoms with Gasteiger partial charge in [0.05, 0.1) is 21.2 Å². The minimum absolute atomic E-state index is 0.170. The van der Waals surface area contributed by atoms with E-state index in [2.05, 4.69) is 5.32 Å². The van der Waals surface area contributed by atoms with Gasteiger partial charge in [0.2, 0.25) is 11.8 Å². The summed E-state index contributed by atoms with van der Waals surface area (Å²) in [6.45, 7) is 2.67. The first-order valence-electron chi connectivity index (χ1n) is 13.0. The first-order chi connectivity index (χ1) is 19.8. The zero-order chi connectivity index (χ0) is 31.1. The highest BCUT2D eigenvalue weighted by Gasteiger charge is 2.36. The van der Waals surface area contributed by atoms with Crippen LogP contribution in [0.5, 0.6) is 0 Å². The van der Waals surface area contributed by atoms with E-state index < -0.39 is 51.9 Å². The standard InChI is InChI=1S/C29H30Cl2F3N3O4S/c1-3-4-16-35-28(39)20(2)36(18-21-10-8-9-13-24(21)30)27(38)19-37(42(40,41)23-11-6-5-7-12-23)26-17-22(29(32,33)34)14-15-25(26)31/h5-15,17,20H,3-4,16,18-19H2,1-2H3,(H,35,39). The van der Waals surface area contributed by atoms with Crippen molar-refractivity contribution < 1.29 is 31.2 Å². The molecule has 0 saturated heterocycles. The maximum absolute atomic E-state index is 13.9. The number of anilines is 1. The van der Waals surface area contributed by atoms with Crippen LogP contribution in [0.15, 0.2) is 77.7 Å². The minimum Gasteiger partial charge on any atom is -0.354 e. The molecule has 1 unspecified atom stereocenters. The van der Waals surface area contributed by atoms with Crippen molar-refractivity contribution in [1.29, 1.82) is 0 Å². The van der Waals surface area contributed by atoms with Gasteiger partial charge in [0, 0.05) is 18.1 Å². The highest BCUT2D eigenvalue weighted by Crippen LogP contribution is 2.37. The van der Waals surface area contributed by atoms with Crippen molar-refractivity contribution in [3.63, 3.8) is 0 Å². The lowest BCUT2D eigenvalue weighted by atomic mass is 10.1. The molecule has 0 bridgehead atoms. The predicted octanol–water partition coefficient (Wildman–Crippen LogP) is 6.54. The van der Waals surface area contributed by atoms with Crippen molar-refractivity contribution in [2.45, 2.75) is 50.3 Å². The monoisotopic (exact) mass is 643 g/mol. The summed E-state index contributed by atoms with van der Waals surface area (Å²) in [4.78, 5) is 27.8. The third kappa shape index (κ3) is 8.17. The zero-order valence-corrected chi connectivity index (χ0v) is 25.2. The Balaban J connectivity index is 2.11. The molecular formula is C29H30Cl2F3N3O4S. The summed E-state index contributed by atoms with van der Waals surface area (Å²) in [5, 5.41) is 2.74. The molecule has 0 saturated carbocycles. The number of halogens is 5. The van der Waals surface area contributed by atoms with E-state index in [1.807, 2.05) is 6.92 Å². The molecule has 3 aromatic carbocycles. The molecule has 13 heteroatoms. The predicted molar refractivity (Wildman–Crippen MR) is 157 cm³/mol. The van der Waals surface area contributed by atoms with Crippen LogP contribution in [-0.2, 0) is 32.3 Å². The summed E-state index contributed by atoms with van der Waals surface area (Å²) in [6, 6.07) is 14.7. The van der Waals surface area contributed by atoms with Crippen molar-refractivity contribution in [2.75, 3.05) is 17.4 Å². The summed E-state index contributed by atoms with van der Waals surface area (Å²) in [5.74, 6) is -1.35. The van der Waals surface area contributed by atoms with E-state index in [4.69, 9.17) is 23.2 Å². The molecule has 0 aromatic heterocycles. The highest BCUT2D eigenvalue weighted by atomic mass is 35.5. The molecule has 42 heavy (non-hydrogen) atoms. The summed E-state index contributed by atoms with van der Waals surface area (Å²) in [7, 11) is -4.60. The Labute approximate surface area is 253 Å². The average molecular weight is 645 g/mol. The number of sulfonamides is 1. The molecule has 3 aromatic rings. The fraction of sp³-hybridized carbons (Fsp3) is 0.310. The molecule has 2 amide bonds. The van der Waals surface area contributed by atoms with E-state index in [-0.39, 0.29) is 16.5 Å². The van der Waals surface area contributed by atoms with Gasteiger partial charge in [0.1, 0.15) is 12.6 Å². The SMILES string of the molecule is CCCCNC(=O)C(C)N(Cc1ccccc1Cl)C(=O)CN(c1cc(C(F)(F)F)ccc1Cl)S(=O)(=O)c1ccccc1. The minimum atomic E-state index is -4.81. The van der Waals surface area contributed by atoms with Crippen LogP contribution in [0.1, 0.15) is 37.8 Å². The van der Waals surface area contributed by atoms with Crippen molar-refractivity contribution in [3.8, 4) is 0 Å². The number of benzene rings is 3. The number of amides is 2. The zero-order valence-electron chi connectivity index (χ0n) is 22.9. The number of carbonyl (C=O) groups excluding carboxylic acids is 2. The summed E-state index contributed by atoms with van der Waals surface area (Å²) < 4.78 is 69.0. The lowest BCUT2D eigenvalue weighted by Gasteiger charge is -2.32. The second kappa shape index (κ2) is 14.3. The quantitative estimate of drug-likeness (QED) is 0.227. The molecule has 0 radical (unpaired) electrons. The van der Waals surface area contributed by atoms with E-state index in [0.717, 1.165) is 17.4 Å². The molecule has 0 spiro atoms. The molecular weight excluding hydrogens is 614 g/mol. The lowest BCUT2D eigenvalue weighted by molar-refractivity contribution is -0.139. The van der Waals surface area contributed by atoms with Crippen LogP contribution >= 0.6 is 23.2 Å². The Kier molecular flexibility index (Phi) is 11.3. The molecule has 3 rings (SSSR count). The van der Waals surface area contributed by atoms with Gasteiger partial charge in [0.15, 0.2) is 0 Å². The first-order valence-corrected chi connectivity index (χ1v) is 15.2. The van der Waals surface area contributed by atoms with Crippen LogP contribution in [-0.4, -0.2) is 44.3 Å². The van der Waals surface area contributed by atoms with E-state index in [1.165, 1.54) is 31.2 Å². The van der Waals surface area contributed by atoms with Gasteiger partial charge >= 0.3 is 6.18 Å². The molecule has 0 aliphatic heterocycles. The molecule has 0 aliphatic carbocycles. The maximum atomic E-state index is 13.9. The molecule has 7 nitrogen and oxygen atoms in total. The van der Waals surface area contributed by atoms with E-state index in [9.17, 15) is 31.2 Å². The van der Waals surface area contributed by atoms with Crippen LogP contribution < -0.4 is 9.62 Å². The average Bonchev–Trinajstić information content (AvgIpc) is 2.95. The van der Waals surface area contributed by atoms with Crippen LogP contribution in [0, 0.1) is 0 Å². The number of unbranched alkanes of at least 4 members (excludes halogenated alkanes) is 1. The van der Waals surface area contributed by atoms with E-state index in [0.29, 0.717) is 40.0 Å². The van der Waals surface area contributed by atoms with Gasteiger partial charge in [-0.3, -0.25) is 13.9 Å². The number of carbonyl (C=O) groups is 2. The van der Waals surface area contributed by atoms with Gasteiger partial charge < -0.3 is 10.2 Å². The van der Waals surface area contributed by atoms with Crippen molar-refractivity contribution >= 4 is 50.7 Å².